The third-order valence-corrected chi connectivity index (χ3v) is 6.38. The molecule has 9 nitrogen and oxygen atoms in total. The minimum absolute atomic E-state index is 0.0728. The lowest BCUT2D eigenvalue weighted by molar-refractivity contribution is 0.0609. The molecule has 180 valence electrons. The highest BCUT2D eigenvalue weighted by Crippen LogP contribution is 2.40. The van der Waals surface area contributed by atoms with Gasteiger partial charge in [0.1, 0.15) is 17.6 Å². The van der Waals surface area contributed by atoms with Gasteiger partial charge in [-0.2, -0.15) is 5.10 Å². The summed E-state index contributed by atoms with van der Waals surface area (Å²) in [4.78, 5) is 20.0. The van der Waals surface area contributed by atoms with Gasteiger partial charge in [-0.3, -0.25) is 9.69 Å². The van der Waals surface area contributed by atoms with Crippen molar-refractivity contribution in [2.75, 3.05) is 11.7 Å². The monoisotopic (exact) mass is 481 g/mol. The minimum atomic E-state index is -2.60. The number of ether oxygens (including phenoxy) is 2. The molecule has 2 atom stereocenters. The van der Waals surface area contributed by atoms with Crippen molar-refractivity contribution >= 4 is 22.8 Å². The van der Waals surface area contributed by atoms with Crippen LogP contribution in [0.4, 0.5) is 14.6 Å². The molecule has 6 rings (SSSR count). The molecule has 0 spiro atoms. The van der Waals surface area contributed by atoms with E-state index in [1.807, 2.05) is 0 Å². The predicted octanol–water partition coefficient (Wildman–Crippen LogP) is 4.68. The van der Waals surface area contributed by atoms with Gasteiger partial charge < -0.3 is 14.0 Å². The molecule has 0 saturated heterocycles. The van der Waals surface area contributed by atoms with Crippen LogP contribution in [0.3, 0.4) is 0 Å². The first-order chi connectivity index (χ1) is 16.8. The molecule has 11 heteroatoms. The first kappa shape index (κ1) is 21.5. The Bertz CT molecular complexity index is 1480. The summed E-state index contributed by atoms with van der Waals surface area (Å²) in [6.07, 6.45) is -2.53. The molecule has 1 aromatic carbocycles. The second-order valence-electron chi connectivity index (χ2n) is 8.84. The van der Waals surface area contributed by atoms with E-state index in [2.05, 4.69) is 15.2 Å². The van der Waals surface area contributed by atoms with Gasteiger partial charge in [-0.15, -0.1) is 0 Å². The van der Waals surface area contributed by atoms with Crippen molar-refractivity contribution in [3.63, 3.8) is 0 Å². The number of aryl methyl sites for hydroxylation is 2. The van der Waals surface area contributed by atoms with E-state index >= 15 is 0 Å². The zero-order valence-corrected chi connectivity index (χ0v) is 19.2. The van der Waals surface area contributed by atoms with E-state index in [-0.39, 0.29) is 24.8 Å². The second kappa shape index (κ2) is 7.76. The number of carbonyl (C=O) groups excluding carboxylic acids is 1. The Labute approximate surface area is 198 Å². The lowest BCUT2D eigenvalue weighted by Crippen LogP contribution is -2.46. The third-order valence-electron chi connectivity index (χ3n) is 6.38. The number of nitrogens with zero attached hydrogens (tertiary/aromatic N) is 5. The molecule has 2 aliphatic rings. The lowest BCUT2D eigenvalue weighted by atomic mass is 10.00. The van der Waals surface area contributed by atoms with Gasteiger partial charge in [0.25, 0.3) is 18.0 Å². The van der Waals surface area contributed by atoms with Crippen LogP contribution in [0, 0.1) is 13.8 Å². The molecule has 0 saturated carbocycles. The number of hydrogen-bond donors (Lipinski definition) is 0. The van der Waals surface area contributed by atoms with Crippen LogP contribution >= 0.6 is 0 Å². The van der Waals surface area contributed by atoms with Crippen LogP contribution in [-0.4, -0.2) is 45.1 Å². The molecule has 0 aliphatic carbocycles. The Hall–Kier alpha value is -4.02. The summed E-state index contributed by atoms with van der Waals surface area (Å²) in [5.74, 6) is 1.15. The van der Waals surface area contributed by atoms with Crippen LogP contribution in [0.25, 0.3) is 22.4 Å². The average Bonchev–Trinajstić information content (AvgIpc) is 3.54. The fourth-order valence-electron chi connectivity index (χ4n) is 4.83. The minimum Gasteiger partial charge on any atom is -0.454 e. The number of anilines is 1. The van der Waals surface area contributed by atoms with Gasteiger partial charge in [-0.25, -0.2) is 18.4 Å². The third kappa shape index (κ3) is 3.33. The quantitative estimate of drug-likeness (QED) is 0.419. The molecule has 0 fully saturated rings. The van der Waals surface area contributed by atoms with E-state index in [1.54, 1.807) is 51.1 Å². The SMILES string of the molecule is Cc1cc(C(=O)N2c3cc(C)nn3[C@@H](C(F)F)C[C@H]2C)c2c(-c3ccc4c(c3)OCO4)noc2n1. The molecule has 1 amide bonds. The predicted molar refractivity (Wildman–Crippen MR) is 121 cm³/mol. The van der Waals surface area contributed by atoms with Crippen molar-refractivity contribution in [1.29, 1.82) is 0 Å². The van der Waals surface area contributed by atoms with E-state index < -0.39 is 18.5 Å². The van der Waals surface area contributed by atoms with Crippen LogP contribution in [0.5, 0.6) is 11.5 Å². The fraction of sp³-hybridized carbons (Fsp3) is 0.333. The van der Waals surface area contributed by atoms with E-state index in [0.717, 1.165) is 0 Å². The summed E-state index contributed by atoms with van der Waals surface area (Å²) >= 11 is 0. The zero-order chi connectivity index (χ0) is 24.4. The number of rotatable bonds is 3. The highest BCUT2D eigenvalue weighted by molar-refractivity contribution is 6.16. The summed E-state index contributed by atoms with van der Waals surface area (Å²) in [7, 11) is 0. The summed E-state index contributed by atoms with van der Waals surface area (Å²) in [5.41, 5.74) is 2.73. The van der Waals surface area contributed by atoms with E-state index in [0.29, 0.717) is 50.9 Å². The number of aromatic nitrogens is 4. The molecule has 4 aromatic rings. The number of amides is 1. The Kier molecular flexibility index (Phi) is 4.77. The summed E-state index contributed by atoms with van der Waals surface area (Å²) in [5, 5.41) is 8.89. The number of carbonyl (C=O) groups is 1. The van der Waals surface area contributed by atoms with E-state index in [4.69, 9.17) is 14.0 Å². The number of hydrogen-bond acceptors (Lipinski definition) is 7. The van der Waals surface area contributed by atoms with Crippen LogP contribution in [0.2, 0.25) is 0 Å². The van der Waals surface area contributed by atoms with Crippen molar-refractivity contribution in [3.8, 4) is 22.8 Å². The summed E-state index contributed by atoms with van der Waals surface area (Å²) < 4.78 is 45.2. The number of benzene rings is 1. The molecule has 3 aromatic heterocycles. The molecule has 0 N–H and O–H groups in total. The Morgan fingerprint density at radius 3 is 2.71 bits per heavy atom. The van der Waals surface area contributed by atoms with Gasteiger partial charge in [-0.05, 0) is 51.5 Å². The van der Waals surface area contributed by atoms with Gasteiger partial charge in [0.05, 0.1) is 16.6 Å². The molecule has 5 heterocycles. The molecule has 0 bridgehead atoms. The molecule has 35 heavy (non-hydrogen) atoms. The number of fused-ring (bicyclic) bond motifs is 3. The smallest absolute Gasteiger partial charge is 0.260 e. The van der Waals surface area contributed by atoms with Crippen molar-refractivity contribution in [2.24, 2.45) is 0 Å². The van der Waals surface area contributed by atoms with Crippen LogP contribution in [0.1, 0.15) is 41.1 Å². The van der Waals surface area contributed by atoms with Gasteiger partial charge in [0, 0.05) is 23.4 Å². The van der Waals surface area contributed by atoms with Gasteiger partial charge >= 0.3 is 0 Å². The number of halogens is 2. The molecule has 2 aliphatic heterocycles. The van der Waals surface area contributed by atoms with Crippen LogP contribution in [-0.2, 0) is 0 Å². The van der Waals surface area contributed by atoms with Crippen molar-refractivity contribution < 1.29 is 27.6 Å². The first-order valence-corrected chi connectivity index (χ1v) is 11.2. The Morgan fingerprint density at radius 2 is 1.91 bits per heavy atom. The van der Waals surface area contributed by atoms with Crippen molar-refractivity contribution in [3.05, 3.63) is 47.3 Å². The highest BCUT2D eigenvalue weighted by atomic mass is 19.3. The fourth-order valence-corrected chi connectivity index (χ4v) is 4.83. The molecular formula is C24H21F2N5O4. The average molecular weight is 481 g/mol. The molecular weight excluding hydrogens is 460 g/mol. The Morgan fingerprint density at radius 1 is 1.11 bits per heavy atom. The number of pyridine rings is 1. The van der Waals surface area contributed by atoms with E-state index in [1.165, 1.54) is 9.58 Å². The largest absolute Gasteiger partial charge is 0.454 e. The van der Waals surface area contributed by atoms with Crippen molar-refractivity contribution in [1.82, 2.24) is 19.9 Å². The second-order valence-corrected chi connectivity index (χ2v) is 8.84. The Balaban J connectivity index is 1.50. The summed E-state index contributed by atoms with van der Waals surface area (Å²) in [6, 6.07) is 7.06. The topological polar surface area (TPSA) is 95.5 Å². The highest BCUT2D eigenvalue weighted by Gasteiger charge is 2.40. The molecule has 0 radical (unpaired) electrons. The van der Waals surface area contributed by atoms with E-state index in [9.17, 15) is 13.6 Å². The van der Waals surface area contributed by atoms with Crippen LogP contribution in [0.15, 0.2) is 34.9 Å². The maximum Gasteiger partial charge on any atom is 0.260 e. The van der Waals surface area contributed by atoms with Gasteiger partial charge in [-0.1, -0.05) is 5.16 Å². The van der Waals surface area contributed by atoms with Crippen molar-refractivity contribution in [2.45, 2.75) is 45.7 Å². The molecule has 0 unspecified atom stereocenters. The van der Waals surface area contributed by atoms with Gasteiger partial charge in [0.2, 0.25) is 6.79 Å². The first-order valence-electron chi connectivity index (χ1n) is 11.2. The standard InChI is InChI=1S/C24H21F2N5O4/c1-11-6-15(24(32)30-13(3)8-16(22(25)26)31-19(30)7-12(2)28-31)20-21(29-35-23(20)27-11)14-4-5-17-18(9-14)34-10-33-17/h4-7,9,13,16,22H,8,10H2,1-3H3/t13-,16-/m1/s1. The lowest BCUT2D eigenvalue weighted by Gasteiger charge is -2.37. The van der Waals surface area contributed by atoms with Crippen LogP contribution < -0.4 is 14.4 Å². The summed E-state index contributed by atoms with van der Waals surface area (Å²) in [6.45, 7) is 5.35. The number of alkyl halides is 2. The van der Waals surface area contributed by atoms with Gasteiger partial charge in [0.15, 0.2) is 11.5 Å². The normalized spacial score (nSPS) is 19.0. The maximum atomic E-state index is 14.0. The maximum absolute atomic E-state index is 14.0. The zero-order valence-electron chi connectivity index (χ0n) is 19.2.